The van der Waals surface area contributed by atoms with Crippen molar-refractivity contribution < 1.29 is 58.8 Å². The van der Waals surface area contributed by atoms with Crippen LogP contribution in [0.15, 0.2) is 0 Å². The van der Waals surface area contributed by atoms with Crippen molar-refractivity contribution in [2.45, 2.75) is 0 Å². The van der Waals surface area contributed by atoms with Crippen LogP contribution in [0, 0.1) is 41.7 Å². The second-order valence-corrected chi connectivity index (χ2v) is 0. The average Bonchev–Trinajstić information content (AvgIpc) is 0. The molecule has 0 heterocycles. The van der Waals surface area contributed by atoms with Crippen LogP contribution >= 0.6 is 0 Å². The minimum atomic E-state index is 0. The van der Waals surface area contributed by atoms with E-state index in [0.717, 1.165) is 0 Å². The van der Waals surface area contributed by atoms with Gasteiger partial charge in [-0.3, -0.25) is 0 Å². The summed E-state index contributed by atoms with van der Waals surface area (Å²) in [7, 11) is 0. The van der Waals surface area contributed by atoms with Gasteiger partial charge < -0.3 is 0 Å². The van der Waals surface area contributed by atoms with Gasteiger partial charge in [-0.05, 0) is 0 Å². The normalized spacial score (nSPS) is 0. The van der Waals surface area contributed by atoms with Gasteiger partial charge in [0, 0.05) is 58.8 Å². The van der Waals surface area contributed by atoms with E-state index in [1.165, 1.54) is 0 Å². The van der Waals surface area contributed by atoms with Crippen LogP contribution in [0.1, 0.15) is 0 Å². The van der Waals surface area contributed by atoms with Crippen LogP contribution in [-0.2, 0) is 17.1 Å². The molecule has 0 fully saturated rings. The molecule has 5 heteroatoms. The standard InChI is InChI=1S/Al.Ce.Cu.Li.Mg.6H. The van der Waals surface area contributed by atoms with Crippen molar-refractivity contribution in [2.24, 2.45) is 0 Å². The molecule has 0 nitrogen and oxygen atoms in total. The molecule has 0 aliphatic heterocycles. The fraction of sp³-hybridized carbons (Fsp3) is 0. The van der Waals surface area contributed by atoms with Crippen molar-refractivity contribution in [1.82, 2.24) is 0 Å². The summed E-state index contributed by atoms with van der Waals surface area (Å²) in [5, 5.41) is 0. The monoisotopic (exact) mass is 267 g/mol. The van der Waals surface area contributed by atoms with Crippen molar-refractivity contribution in [1.29, 1.82) is 0 Å². The maximum absolute atomic E-state index is 0. The molecule has 1 radical (unpaired) electrons. The smallest absolute Gasteiger partial charge is 0.316 e. The molecule has 0 N–H and O–H groups in total. The summed E-state index contributed by atoms with van der Waals surface area (Å²) in [5.41, 5.74) is 0. The molecule has 0 spiro atoms. The number of hydrogen-bond acceptors (Lipinski definition) is 0. The number of rotatable bonds is 0. The Labute approximate surface area is 115 Å². The molecule has 0 atom stereocenters. The Morgan fingerprint density at radius 3 is 1.00 bits per heavy atom. The zero-order chi connectivity index (χ0) is 0. The van der Waals surface area contributed by atoms with Crippen molar-refractivity contribution in [3.63, 3.8) is 0 Å². The summed E-state index contributed by atoms with van der Waals surface area (Å²) in [5.74, 6) is 0. The van der Waals surface area contributed by atoms with Gasteiger partial charge in [0.25, 0.3) is 0 Å². The van der Waals surface area contributed by atoms with Crippen LogP contribution in [0.5, 0.6) is 0 Å². The van der Waals surface area contributed by atoms with E-state index in [0.29, 0.717) is 0 Å². The molecule has 27 valence electrons. The predicted octanol–water partition coefficient (Wildman–Crippen LogP) is -2.75. The zero-order valence-electron chi connectivity index (χ0n) is 0.802. The van der Waals surface area contributed by atoms with Crippen molar-refractivity contribution in [3.05, 3.63) is 0 Å². The van der Waals surface area contributed by atoms with E-state index in [2.05, 4.69) is 0 Å². The maximum Gasteiger partial charge on any atom is 0.316 e. The largest absolute Gasteiger partial charge is 0.316 e. The van der Waals surface area contributed by atoms with Crippen LogP contribution in [0.4, 0.5) is 0 Å². The first kappa shape index (κ1) is 37.1. The first-order valence-corrected chi connectivity index (χ1v) is 0. The van der Waals surface area contributed by atoms with Gasteiger partial charge in [0.05, 0.1) is 0 Å². The van der Waals surface area contributed by atoms with E-state index in [4.69, 9.17) is 0 Å². The molecule has 0 aliphatic carbocycles. The molecule has 0 unspecified atom stereocenters. The van der Waals surface area contributed by atoms with Gasteiger partial charge in [-0.15, -0.1) is 0 Å². The Balaban J connectivity index is 0. The summed E-state index contributed by atoms with van der Waals surface area (Å²) in [6.07, 6.45) is 0. The summed E-state index contributed by atoms with van der Waals surface area (Å²) in [6, 6.07) is 0. The van der Waals surface area contributed by atoms with Gasteiger partial charge in [0.2, 0.25) is 0 Å². The predicted molar refractivity (Wildman–Crippen MR) is 25.6 cm³/mol. The van der Waals surface area contributed by atoms with E-state index in [1.54, 1.807) is 0 Å². The Kier molecular flexibility index (Phi) is 186. The molecule has 0 aliphatic rings. The summed E-state index contributed by atoms with van der Waals surface area (Å²) < 4.78 is 0. The Morgan fingerprint density at radius 2 is 1.00 bits per heavy atom. The van der Waals surface area contributed by atoms with Gasteiger partial charge in [0.15, 0.2) is 17.4 Å². The van der Waals surface area contributed by atoms with E-state index >= 15 is 0 Å². The summed E-state index contributed by atoms with van der Waals surface area (Å²) in [6.45, 7) is 0. The van der Waals surface area contributed by atoms with Crippen LogP contribution in [0.3, 0.4) is 0 Å². The third-order valence-electron chi connectivity index (χ3n) is 0. The third-order valence-corrected chi connectivity index (χ3v) is 0. The first-order chi connectivity index (χ1) is 0. The van der Waals surface area contributed by atoms with Crippen molar-refractivity contribution in [3.8, 4) is 0 Å². The maximum atomic E-state index is 0. The second kappa shape index (κ2) is 25.0. The van der Waals surface area contributed by atoms with E-state index in [-0.39, 0.29) is 118 Å². The Morgan fingerprint density at radius 1 is 1.00 bits per heavy atom. The summed E-state index contributed by atoms with van der Waals surface area (Å²) >= 11 is 0. The third kappa shape index (κ3) is 18.2. The Hall–Kier alpha value is 3.79. The second-order valence-electron chi connectivity index (χ2n) is 0. The Bertz CT molecular complexity index is 11.6. The zero-order valence-corrected chi connectivity index (χ0v) is 4.88. The molecular weight excluding hydrogens is 262 g/mol. The quantitative estimate of drug-likeness (QED) is 0.418. The van der Waals surface area contributed by atoms with Gasteiger partial charge >= 0.3 is 41.9 Å². The topological polar surface area (TPSA) is 0 Å². The van der Waals surface area contributed by atoms with Crippen LogP contribution in [0.2, 0.25) is 0 Å². The minimum absolute atomic E-state index is 0. The van der Waals surface area contributed by atoms with Crippen LogP contribution < -0.4 is 0 Å². The SMILES string of the molecule is [AlH3].[Ce].[Cu].[LiH].[MgH2]. The van der Waals surface area contributed by atoms with Gasteiger partial charge in [-0.1, -0.05) is 0 Å². The van der Waals surface area contributed by atoms with E-state index < -0.39 is 0 Å². The molecule has 0 saturated carbocycles. The van der Waals surface area contributed by atoms with E-state index in [9.17, 15) is 0 Å². The van der Waals surface area contributed by atoms with Crippen molar-refractivity contribution in [2.75, 3.05) is 0 Å². The molecule has 0 aromatic heterocycles. The van der Waals surface area contributed by atoms with Crippen molar-refractivity contribution >= 4 is 59.3 Å². The van der Waals surface area contributed by atoms with Crippen LogP contribution in [-0.4, -0.2) is 59.3 Å². The van der Waals surface area contributed by atoms with Gasteiger partial charge in [0.1, 0.15) is 0 Å². The molecule has 0 rings (SSSR count). The van der Waals surface area contributed by atoms with E-state index in [1.807, 2.05) is 0 Å². The fourth-order valence-corrected chi connectivity index (χ4v) is 0. The molecule has 0 bridgehead atoms. The van der Waals surface area contributed by atoms with Gasteiger partial charge in [-0.2, -0.15) is 0 Å². The minimum Gasteiger partial charge on any atom is 0.316 e. The fourth-order valence-electron chi connectivity index (χ4n) is 0. The molecule has 0 saturated heterocycles. The molecular formula is H6AlCeCuLiMg. The van der Waals surface area contributed by atoms with Crippen LogP contribution in [0.25, 0.3) is 0 Å². The van der Waals surface area contributed by atoms with Gasteiger partial charge in [-0.25, -0.2) is 0 Å². The molecule has 5 heavy (non-hydrogen) atoms. The summed E-state index contributed by atoms with van der Waals surface area (Å²) in [4.78, 5) is 0. The molecule has 0 amide bonds. The average molecular weight is 268 g/mol. The molecule has 0 aromatic carbocycles. The first-order valence-electron chi connectivity index (χ1n) is 0. The molecule has 0 aromatic rings. The number of hydrogen-bond donors (Lipinski definition) is 0.